The summed E-state index contributed by atoms with van der Waals surface area (Å²) >= 11 is 0. The minimum absolute atomic E-state index is 0.198. The summed E-state index contributed by atoms with van der Waals surface area (Å²) in [6.07, 6.45) is -1.09. The van der Waals surface area contributed by atoms with Gasteiger partial charge in [0.2, 0.25) is 0 Å². The smallest absolute Gasteiger partial charge is 0.378 e. The predicted molar refractivity (Wildman–Crippen MR) is 75.7 cm³/mol. The molecule has 0 aromatic rings. The molecule has 2 aliphatic rings. The van der Waals surface area contributed by atoms with E-state index >= 15 is 0 Å². The fraction of sp³-hybridized carbons (Fsp3) is 0.929. The average molecular weight is 323 g/mol. The minimum atomic E-state index is -4.19. The van der Waals surface area contributed by atoms with Crippen molar-refractivity contribution < 1.29 is 22.7 Å². The average Bonchev–Trinajstić information content (AvgIpc) is 2.92. The van der Waals surface area contributed by atoms with Crippen LogP contribution in [-0.4, -0.2) is 73.5 Å². The van der Waals surface area contributed by atoms with Crippen LogP contribution in [0.5, 0.6) is 0 Å². The molecule has 128 valence electrons. The fourth-order valence-corrected chi connectivity index (χ4v) is 2.97. The van der Waals surface area contributed by atoms with Gasteiger partial charge in [-0.3, -0.25) is 4.90 Å². The standard InChI is InChI=1S/C14H24F3N3O2/c1-11-9-19(6-7-20(11)10-14(15,16)17)13(21)18-5-4-12-3-2-8-22-12/h11-12H,2-10H2,1H3,(H,18,21)/t11-,12-/m0/s1. The van der Waals surface area contributed by atoms with E-state index in [0.29, 0.717) is 19.6 Å². The number of nitrogens with zero attached hydrogens (tertiary/aromatic N) is 2. The van der Waals surface area contributed by atoms with Crippen molar-refractivity contribution in [2.75, 3.05) is 39.3 Å². The van der Waals surface area contributed by atoms with Crippen LogP contribution in [-0.2, 0) is 4.74 Å². The first-order chi connectivity index (χ1) is 10.3. The number of hydrogen-bond donors (Lipinski definition) is 1. The van der Waals surface area contributed by atoms with Crippen molar-refractivity contribution in [1.82, 2.24) is 15.1 Å². The van der Waals surface area contributed by atoms with Gasteiger partial charge < -0.3 is 15.0 Å². The Balaban J connectivity index is 1.69. The van der Waals surface area contributed by atoms with Crippen LogP contribution in [0.25, 0.3) is 0 Å². The first-order valence-corrected chi connectivity index (χ1v) is 7.80. The minimum Gasteiger partial charge on any atom is -0.378 e. The normalized spacial score (nSPS) is 27.2. The molecule has 2 atom stereocenters. The predicted octanol–water partition coefficient (Wildman–Crippen LogP) is 1.83. The maximum Gasteiger partial charge on any atom is 0.401 e. The zero-order valence-electron chi connectivity index (χ0n) is 12.9. The van der Waals surface area contributed by atoms with Gasteiger partial charge in [0.05, 0.1) is 12.6 Å². The van der Waals surface area contributed by atoms with Crippen molar-refractivity contribution >= 4 is 6.03 Å². The monoisotopic (exact) mass is 323 g/mol. The highest BCUT2D eigenvalue weighted by atomic mass is 19.4. The van der Waals surface area contributed by atoms with Crippen LogP contribution in [0.4, 0.5) is 18.0 Å². The van der Waals surface area contributed by atoms with Crippen LogP contribution >= 0.6 is 0 Å². The van der Waals surface area contributed by atoms with Crippen molar-refractivity contribution in [3.63, 3.8) is 0 Å². The molecule has 1 N–H and O–H groups in total. The number of halogens is 3. The second-order valence-electron chi connectivity index (χ2n) is 6.04. The molecular formula is C14H24F3N3O2. The Labute approximate surface area is 128 Å². The summed E-state index contributed by atoms with van der Waals surface area (Å²) in [7, 11) is 0. The Hall–Kier alpha value is -1.02. The van der Waals surface area contributed by atoms with Gasteiger partial charge in [-0.15, -0.1) is 0 Å². The van der Waals surface area contributed by atoms with E-state index in [1.807, 2.05) is 0 Å². The molecule has 22 heavy (non-hydrogen) atoms. The van der Waals surface area contributed by atoms with Gasteiger partial charge in [-0.25, -0.2) is 4.79 Å². The Morgan fingerprint density at radius 3 is 2.73 bits per heavy atom. The third kappa shape index (κ3) is 5.31. The highest BCUT2D eigenvalue weighted by Gasteiger charge is 2.35. The van der Waals surface area contributed by atoms with Crippen LogP contribution in [0.1, 0.15) is 26.2 Å². The molecule has 0 aliphatic carbocycles. The Morgan fingerprint density at radius 2 is 2.14 bits per heavy atom. The van der Waals surface area contributed by atoms with Crippen molar-refractivity contribution in [1.29, 1.82) is 0 Å². The number of piperazine rings is 1. The number of amides is 2. The largest absolute Gasteiger partial charge is 0.401 e. The number of carbonyl (C=O) groups is 1. The van der Waals surface area contributed by atoms with Gasteiger partial charge in [0.1, 0.15) is 0 Å². The maximum atomic E-state index is 12.4. The molecule has 2 saturated heterocycles. The first kappa shape index (κ1) is 17.3. The van der Waals surface area contributed by atoms with Crippen molar-refractivity contribution in [3.05, 3.63) is 0 Å². The second kappa shape index (κ2) is 7.50. The van der Waals surface area contributed by atoms with Crippen LogP contribution in [0, 0.1) is 0 Å². The van der Waals surface area contributed by atoms with Gasteiger partial charge in [-0.2, -0.15) is 13.2 Å². The summed E-state index contributed by atoms with van der Waals surface area (Å²) in [6, 6.07) is -0.490. The summed E-state index contributed by atoms with van der Waals surface area (Å²) in [5.41, 5.74) is 0. The lowest BCUT2D eigenvalue weighted by atomic mass is 10.2. The zero-order valence-corrected chi connectivity index (χ0v) is 12.9. The van der Waals surface area contributed by atoms with Gasteiger partial charge in [0.25, 0.3) is 0 Å². The van der Waals surface area contributed by atoms with Gasteiger partial charge in [-0.1, -0.05) is 0 Å². The lowest BCUT2D eigenvalue weighted by Gasteiger charge is -2.40. The SMILES string of the molecule is C[C@H]1CN(C(=O)NCC[C@@H]2CCCO2)CCN1CC(F)(F)F. The molecule has 2 aliphatic heterocycles. The Morgan fingerprint density at radius 1 is 1.36 bits per heavy atom. The molecule has 0 saturated carbocycles. The number of hydrogen-bond acceptors (Lipinski definition) is 3. The molecule has 2 heterocycles. The van der Waals surface area contributed by atoms with Gasteiger partial charge in [0.15, 0.2) is 0 Å². The lowest BCUT2D eigenvalue weighted by Crippen LogP contribution is -2.57. The summed E-state index contributed by atoms with van der Waals surface area (Å²) in [5, 5.41) is 2.83. The third-order valence-corrected chi connectivity index (χ3v) is 4.20. The summed E-state index contributed by atoms with van der Waals surface area (Å²) in [5.74, 6) is 0. The van der Waals surface area contributed by atoms with Gasteiger partial charge >= 0.3 is 12.2 Å². The van der Waals surface area contributed by atoms with Crippen LogP contribution in [0.15, 0.2) is 0 Å². The van der Waals surface area contributed by atoms with E-state index in [2.05, 4.69) is 5.32 Å². The Kier molecular flexibility index (Phi) is 5.91. The third-order valence-electron chi connectivity index (χ3n) is 4.20. The number of nitrogens with one attached hydrogen (secondary N) is 1. The van der Waals surface area contributed by atoms with Crippen molar-refractivity contribution in [2.45, 2.75) is 44.5 Å². The summed E-state index contributed by atoms with van der Waals surface area (Å²) < 4.78 is 42.8. The van der Waals surface area contributed by atoms with Crippen LogP contribution < -0.4 is 5.32 Å². The van der Waals surface area contributed by atoms with E-state index in [0.717, 1.165) is 25.9 Å². The van der Waals surface area contributed by atoms with E-state index in [-0.39, 0.29) is 24.7 Å². The lowest BCUT2D eigenvalue weighted by molar-refractivity contribution is -0.153. The number of carbonyl (C=O) groups excluding carboxylic acids is 1. The van der Waals surface area contributed by atoms with Crippen LogP contribution in [0.2, 0.25) is 0 Å². The maximum absolute atomic E-state index is 12.4. The second-order valence-corrected chi connectivity index (χ2v) is 6.04. The van der Waals surface area contributed by atoms with E-state index in [1.54, 1.807) is 11.8 Å². The Bertz CT molecular complexity index is 373. The summed E-state index contributed by atoms with van der Waals surface area (Å²) in [4.78, 5) is 15.0. The molecule has 2 amide bonds. The van der Waals surface area contributed by atoms with Gasteiger partial charge in [0, 0.05) is 38.8 Å². The number of alkyl halides is 3. The zero-order chi connectivity index (χ0) is 16.2. The quantitative estimate of drug-likeness (QED) is 0.858. The molecule has 2 rings (SSSR count). The molecular weight excluding hydrogens is 299 g/mol. The first-order valence-electron chi connectivity index (χ1n) is 7.80. The molecule has 5 nitrogen and oxygen atoms in total. The number of ether oxygens (including phenoxy) is 1. The molecule has 8 heteroatoms. The van der Waals surface area contributed by atoms with Gasteiger partial charge in [-0.05, 0) is 26.2 Å². The molecule has 0 radical (unpaired) electrons. The molecule has 0 aromatic heterocycles. The highest BCUT2D eigenvalue weighted by Crippen LogP contribution is 2.20. The fourth-order valence-electron chi connectivity index (χ4n) is 2.97. The number of rotatable bonds is 4. The molecule has 2 fully saturated rings. The molecule has 0 bridgehead atoms. The summed E-state index contributed by atoms with van der Waals surface area (Å²) in [6.45, 7) is 3.03. The molecule has 0 aromatic carbocycles. The van der Waals surface area contributed by atoms with E-state index < -0.39 is 12.7 Å². The van der Waals surface area contributed by atoms with Crippen molar-refractivity contribution in [3.8, 4) is 0 Å². The molecule has 0 spiro atoms. The topological polar surface area (TPSA) is 44.8 Å². The van der Waals surface area contributed by atoms with Crippen LogP contribution in [0.3, 0.4) is 0 Å². The van der Waals surface area contributed by atoms with E-state index in [4.69, 9.17) is 4.74 Å². The molecule has 0 unspecified atom stereocenters. The van der Waals surface area contributed by atoms with E-state index in [1.165, 1.54) is 4.90 Å². The highest BCUT2D eigenvalue weighted by molar-refractivity contribution is 5.74. The van der Waals surface area contributed by atoms with Crippen molar-refractivity contribution in [2.24, 2.45) is 0 Å². The van der Waals surface area contributed by atoms with E-state index in [9.17, 15) is 18.0 Å². The number of urea groups is 1.